The van der Waals surface area contributed by atoms with E-state index in [2.05, 4.69) is 5.32 Å². The summed E-state index contributed by atoms with van der Waals surface area (Å²) in [5.41, 5.74) is 0.825. The van der Waals surface area contributed by atoms with E-state index in [9.17, 15) is 18.0 Å². The lowest BCUT2D eigenvalue weighted by molar-refractivity contribution is -0.137. The van der Waals surface area contributed by atoms with Crippen LogP contribution in [0.1, 0.15) is 29.7 Å². The Morgan fingerprint density at radius 1 is 1.12 bits per heavy atom. The lowest BCUT2D eigenvalue weighted by atomic mass is 10.1. The van der Waals surface area contributed by atoms with Gasteiger partial charge in [0.1, 0.15) is 5.75 Å². The number of hydrogen-bond acceptors (Lipinski definition) is 2. The van der Waals surface area contributed by atoms with Crippen molar-refractivity contribution in [3.63, 3.8) is 0 Å². The Morgan fingerprint density at radius 2 is 1.69 bits per heavy atom. The summed E-state index contributed by atoms with van der Waals surface area (Å²) >= 11 is 0. The largest absolute Gasteiger partial charge is 0.497 e. The normalized spacial score (nSPS) is 12.4. The minimum Gasteiger partial charge on any atom is -0.497 e. The molecule has 26 heavy (non-hydrogen) atoms. The van der Waals surface area contributed by atoms with Crippen LogP contribution in [0.2, 0.25) is 0 Å². The average molecular weight is 366 g/mol. The highest BCUT2D eigenvalue weighted by Crippen LogP contribution is 2.29. The summed E-state index contributed by atoms with van der Waals surface area (Å²) in [6.45, 7) is 2.12. The van der Waals surface area contributed by atoms with E-state index >= 15 is 0 Å². The first-order valence-corrected chi connectivity index (χ1v) is 8.02. The van der Waals surface area contributed by atoms with Crippen LogP contribution in [0.15, 0.2) is 48.5 Å². The monoisotopic (exact) mass is 366 g/mol. The van der Waals surface area contributed by atoms with Crippen LogP contribution in [0, 0.1) is 0 Å². The summed E-state index contributed by atoms with van der Waals surface area (Å²) in [5.74, 6) is 0.733. The van der Waals surface area contributed by atoms with Crippen LogP contribution >= 0.6 is 0 Å². The van der Waals surface area contributed by atoms with E-state index in [1.807, 2.05) is 24.3 Å². The number of hydrogen-bond donors (Lipinski definition) is 1. The smallest absolute Gasteiger partial charge is 0.416 e. The Kier molecular flexibility index (Phi) is 6.13. The van der Waals surface area contributed by atoms with Gasteiger partial charge in [-0.25, -0.2) is 4.79 Å². The van der Waals surface area contributed by atoms with Crippen molar-refractivity contribution in [1.29, 1.82) is 0 Å². The molecule has 2 rings (SSSR count). The Bertz CT molecular complexity index is 728. The van der Waals surface area contributed by atoms with Crippen LogP contribution in [0.25, 0.3) is 0 Å². The molecule has 2 aromatic rings. The van der Waals surface area contributed by atoms with Gasteiger partial charge < -0.3 is 15.0 Å². The zero-order valence-corrected chi connectivity index (χ0v) is 14.8. The number of halogens is 3. The number of nitrogens with zero attached hydrogens (tertiary/aromatic N) is 1. The minimum absolute atomic E-state index is 0.312. The Labute approximate surface area is 150 Å². The molecule has 0 saturated heterocycles. The number of nitrogens with one attached hydrogen (secondary N) is 1. The van der Waals surface area contributed by atoms with E-state index in [1.54, 1.807) is 21.1 Å². The highest BCUT2D eigenvalue weighted by Gasteiger charge is 2.30. The predicted octanol–water partition coefficient (Wildman–Crippen LogP) is 4.62. The number of benzene rings is 2. The maximum atomic E-state index is 12.6. The van der Waals surface area contributed by atoms with E-state index in [0.29, 0.717) is 12.1 Å². The molecule has 2 aromatic carbocycles. The molecule has 1 atom stereocenters. The van der Waals surface area contributed by atoms with Gasteiger partial charge in [0.2, 0.25) is 0 Å². The molecule has 0 spiro atoms. The van der Waals surface area contributed by atoms with Crippen molar-refractivity contribution < 1.29 is 22.7 Å². The van der Waals surface area contributed by atoms with Gasteiger partial charge in [0.25, 0.3) is 0 Å². The minimum atomic E-state index is -4.37. The van der Waals surface area contributed by atoms with Gasteiger partial charge in [-0.15, -0.1) is 0 Å². The summed E-state index contributed by atoms with van der Waals surface area (Å²) in [6, 6.07) is 11.4. The fourth-order valence-corrected chi connectivity index (χ4v) is 2.42. The van der Waals surface area contributed by atoms with Crippen molar-refractivity contribution in [2.45, 2.75) is 25.7 Å². The Balaban J connectivity index is 1.94. The molecule has 0 unspecified atom stereocenters. The van der Waals surface area contributed by atoms with Crippen molar-refractivity contribution in [3.8, 4) is 5.75 Å². The van der Waals surface area contributed by atoms with Crippen molar-refractivity contribution in [2.75, 3.05) is 14.2 Å². The second-order valence-electron chi connectivity index (χ2n) is 6.00. The van der Waals surface area contributed by atoms with Gasteiger partial charge in [-0.3, -0.25) is 0 Å². The highest BCUT2D eigenvalue weighted by atomic mass is 19.4. The maximum Gasteiger partial charge on any atom is 0.416 e. The lowest BCUT2D eigenvalue weighted by Gasteiger charge is -2.22. The number of methoxy groups -OCH3 is 1. The molecule has 140 valence electrons. The van der Waals surface area contributed by atoms with E-state index < -0.39 is 17.8 Å². The molecule has 0 saturated carbocycles. The van der Waals surface area contributed by atoms with Crippen LogP contribution < -0.4 is 10.1 Å². The number of carbonyl (C=O) groups is 1. The molecule has 2 amide bonds. The van der Waals surface area contributed by atoms with Gasteiger partial charge >= 0.3 is 12.2 Å². The van der Waals surface area contributed by atoms with Gasteiger partial charge in [0, 0.05) is 13.6 Å². The summed E-state index contributed by atoms with van der Waals surface area (Å²) in [6.07, 6.45) is -4.37. The second-order valence-corrected chi connectivity index (χ2v) is 6.00. The second kappa shape index (κ2) is 8.12. The molecule has 0 aromatic heterocycles. The average Bonchev–Trinajstić information content (AvgIpc) is 2.61. The van der Waals surface area contributed by atoms with E-state index in [4.69, 9.17) is 4.74 Å². The Morgan fingerprint density at radius 3 is 2.19 bits per heavy atom. The summed E-state index contributed by atoms with van der Waals surface area (Å²) < 4.78 is 42.9. The standard InChI is InChI=1S/C19H21F3N2O2/c1-13(15-6-8-16(9-7-15)19(20,21)22)23-18(25)24(2)12-14-4-10-17(26-3)11-5-14/h4-11,13H,12H2,1-3H3,(H,23,25)/t13-/m1/s1. The van der Waals surface area contributed by atoms with Crippen LogP contribution in [-0.4, -0.2) is 25.1 Å². The first-order chi connectivity index (χ1) is 12.2. The first kappa shape index (κ1) is 19.6. The maximum absolute atomic E-state index is 12.6. The fourth-order valence-electron chi connectivity index (χ4n) is 2.42. The quantitative estimate of drug-likeness (QED) is 0.839. The molecule has 0 aliphatic heterocycles. The number of carbonyl (C=O) groups excluding carboxylic acids is 1. The molecule has 0 aliphatic rings. The fraction of sp³-hybridized carbons (Fsp3) is 0.316. The summed E-state index contributed by atoms with van der Waals surface area (Å²) in [5, 5.41) is 2.78. The van der Waals surface area contributed by atoms with E-state index in [-0.39, 0.29) is 6.03 Å². The van der Waals surface area contributed by atoms with Gasteiger partial charge in [0.05, 0.1) is 18.7 Å². The van der Waals surface area contributed by atoms with Crippen LogP contribution in [0.4, 0.5) is 18.0 Å². The van der Waals surface area contributed by atoms with Crippen molar-refractivity contribution >= 4 is 6.03 Å². The third-order valence-electron chi connectivity index (χ3n) is 4.00. The van der Waals surface area contributed by atoms with Gasteiger partial charge in [-0.2, -0.15) is 13.2 Å². The zero-order chi connectivity index (χ0) is 19.3. The van der Waals surface area contributed by atoms with Crippen molar-refractivity contribution in [3.05, 3.63) is 65.2 Å². The van der Waals surface area contributed by atoms with Gasteiger partial charge in [0.15, 0.2) is 0 Å². The third-order valence-corrected chi connectivity index (χ3v) is 4.00. The Hall–Kier alpha value is -2.70. The topological polar surface area (TPSA) is 41.6 Å². The zero-order valence-electron chi connectivity index (χ0n) is 14.8. The molecule has 0 heterocycles. The molecular formula is C19H21F3N2O2. The number of rotatable bonds is 5. The van der Waals surface area contributed by atoms with E-state index in [1.165, 1.54) is 17.0 Å². The molecule has 0 aliphatic carbocycles. The SMILES string of the molecule is COc1ccc(CN(C)C(=O)N[C@H](C)c2ccc(C(F)(F)F)cc2)cc1. The summed E-state index contributed by atoms with van der Waals surface area (Å²) in [4.78, 5) is 13.8. The molecule has 1 N–H and O–H groups in total. The highest BCUT2D eigenvalue weighted by molar-refractivity contribution is 5.74. The third kappa shape index (κ3) is 5.15. The van der Waals surface area contributed by atoms with Gasteiger partial charge in [-0.05, 0) is 42.3 Å². The van der Waals surface area contributed by atoms with Crippen molar-refractivity contribution in [2.24, 2.45) is 0 Å². The number of urea groups is 1. The number of alkyl halides is 3. The molecule has 0 fully saturated rings. The summed E-state index contributed by atoms with van der Waals surface area (Å²) in [7, 11) is 3.23. The molecule has 0 bridgehead atoms. The van der Waals surface area contributed by atoms with Crippen LogP contribution in [-0.2, 0) is 12.7 Å². The first-order valence-electron chi connectivity index (χ1n) is 8.02. The lowest BCUT2D eigenvalue weighted by Crippen LogP contribution is -2.38. The van der Waals surface area contributed by atoms with Crippen LogP contribution in [0.3, 0.4) is 0 Å². The van der Waals surface area contributed by atoms with Crippen LogP contribution in [0.5, 0.6) is 5.75 Å². The van der Waals surface area contributed by atoms with E-state index in [0.717, 1.165) is 23.4 Å². The van der Waals surface area contributed by atoms with Gasteiger partial charge in [-0.1, -0.05) is 24.3 Å². The predicted molar refractivity (Wildman–Crippen MR) is 92.9 cm³/mol. The van der Waals surface area contributed by atoms with Crippen molar-refractivity contribution in [1.82, 2.24) is 10.2 Å². The number of ether oxygens (including phenoxy) is 1. The molecule has 0 radical (unpaired) electrons. The molecule has 4 nitrogen and oxygen atoms in total. The molecular weight excluding hydrogens is 345 g/mol. The molecule has 7 heteroatoms. The number of amides is 2.